The first-order chi connectivity index (χ1) is 20.7. The lowest BCUT2D eigenvalue weighted by atomic mass is 9.94. The third-order valence-corrected chi connectivity index (χ3v) is 8.14. The number of rotatable bonds is 9. The minimum Gasteiger partial charge on any atom is -0.444 e. The minimum absolute atomic E-state index is 0.116. The number of ether oxygens (including phenoxy) is 1. The number of carbonyl (C=O) groups is 3. The summed E-state index contributed by atoms with van der Waals surface area (Å²) in [7, 11) is 1.65. The Morgan fingerprint density at radius 3 is 2.48 bits per heavy atom. The van der Waals surface area contributed by atoms with Crippen molar-refractivity contribution in [1.82, 2.24) is 20.1 Å². The summed E-state index contributed by atoms with van der Waals surface area (Å²) in [6.45, 7) is 7.76. The molecule has 3 amide bonds. The molecule has 2 N–H and O–H groups in total. The molecular weight excluding hydrogens is 590 g/mol. The number of aromatic nitrogens is 1. The van der Waals surface area contributed by atoms with Crippen molar-refractivity contribution in [1.29, 1.82) is 0 Å². The Balaban J connectivity index is 1.56. The fourth-order valence-corrected chi connectivity index (χ4v) is 6.04. The highest BCUT2D eigenvalue weighted by atomic mass is 32.1. The average Bonchev–Trinajstić information content (AvgIpc) is 3.59. The third kappa shape index (κ3) is 8.60. The number of benzene rings is 2. The number of hydrogen-bond acceptors (Lipinski definition) is 7. The lowest BCUT2D eigenvalue weighted by molar-refractivity contribution is -0.00161. The molecule has 2 aromatic carbocycles. The number of carbonyl (C=O) groups excluding carboxylic acids is 3. The van der Waals surface area contributed by atoms with Gasteiger partial charge in [0.15, 0.2) is 0 Å². The molecule has 44 heavy (non-hydrogen) atoms. The summed E-state index contributed by atoms with van der Waals surface area (Å²) in [6.07, 6.45) is -0.954. The van der Waals surface area contributed by atoms with Gasteiger partial charge in [0.1, 0.15) is 22.2 Å². The van der Waals surface area contributed by atoms with Crippen LogP contribution in [0.15, 0.2) is 47.8 Å². The zero-order valence-electron chi connectivity index (χ0n) is 25.5. The van der Waals surface area contributed by atoms with E-state index in [1.54, 1.807) is 40.0 Å². The van der Waals surface area contributed by atoms with E-state index in [4.69, 9.17) is 4.74 Å². The molecule has 3 aromatic rings. The first-order valence-electron chi connectivity index (χ1n) is 14.4. The Kier molecular flexibility index (Phi) is 10.4. The monoisotopic (exact) mass is 628 g/mol. The number of likely N-dealkylation sites (tertiary alicyclic amines) is 1. The van der Waals surface area contributed by atoms with Gasteiger partial charge in [-0.25, -0.2) is 18.6 Å². The molecule has 1 unspecified atom stereocenters. The maximum Gasteiger partial charge on any atom is 0.410 e. The fraction of sp³-hybridized carbons (Fsp3) is 0.438. The van der Waals surface area contributed by atoms with E-state index >= 15 is 0 Å². The summed E-state index contributed by atoms with van der Waals surface area (Å²) >= 11 is 1.45. The van der Waals surface area contributed by atoms with Gasteiger partial charge in [-0.15, -0.1) is 11.3 Å². The van der Waals surface area contributed by atoms with Crippen LogP contribution in [0.25, 0.3) is 0 Å². The second-order valence-electron chi connectivity index (χ2n) is 12.1. The number of nitrogens with one attached hydrogen (secondary N) is 1. The molecule has 0 aliphatic carbocycles. The number of aliphatic hydroxyl groups excluding tert-OH is 1. The van der Waals surface area contributed by atoms with E-state index in [9.17, 15) is 28.3 Å². The largest absolute Gasteiger partial charge is 0.444 e. The summed E-state index contributed by atoms with van der Waals surface area (Å²) in [4.78, 5) is 46.9. The van der Waals surface area contributed by atoms with Crippen molar-refractivity contribution in [3.05, 3.63) is 86.9 Å². The van der Waals surface area contributed by atoms with Crippen molar-refractivity contribution >= 4 is 29.2 Å². The molecule has 0 bridgehead atoms. The van der Waals surface area contributed by atoms with Crippen LogP contribution in [0, 0.1) is 18.6 Å². The summed E-state index contributed by atoms with van der Waals surface area (Å²) in [5.74, 6) is -2.49. The smallest absolute Gasteiger partial charge is 0.410 e. The van der Waals surface area contributed by atoms with Crippen LogP contribution < -0.4 is 5.32 Å². The van der Waals surface area contributed by atoms with E-state index < -0.39 is 47.4 Å². The molecule has 0 spiro atoms. The van der Waals surface area contributed by atoms with Crippen molar-refractivity contribution in [2.24, 2.45) is 0 Å². The average molecular weight is 629 g/mol. The maximum absolute atomic E-state index is 14.1. The Morgan fingerprint density at radius 1 is 1.16 bits per heavy atom. The van der Waals surface area contributed by atoms with Gasteiger partial charge in [0.2, 0.25) is 0 Å². The van der Waals surface area contributed by atoms with E-state index in [1.165, 1.54) is 33.3 Å². The second kappa shape index (κ2) is 13.8. The van der Waals surface area contributed by atoms with Crippen molar-refractivity contribution in [2.75, 3.05) is 13.6 Å². The highest BCUT2D eigenvalue weighted by Gasteiger charge is 2.40. The van der Waals surface area contributed by atoms with Gasteiger partial charge in [0.25, 0.3) is 11.8 Å². The van der Waals surface area contributed by atoms with E-state index in [0.717, 1.165) is 28.9 Å². The Bertz CT molecular complexity index is 1490. The lowest BCUT2D eigenvalue weighted by Gasteiger charge is -2.35. The number of thiazole rings is 1. The standard InChI is InChI=1S/C32H38F2N4O5S/c1-19-18-44-27(35-19)17-37(5)30(41)22-9-6-8-21(15-22)29(40)36-25(14-20-12-23(33)16-24(34)13-20)28(39)26-10-7-11-38(26)31(42)43-32(2,3)4/h6,8-9,12-13,15-16,18,25-26,28,39H,7,10-11,14,17H2,1-5H3,(H,36,40)/t25-,26?,28-/m0/s1. The Labute approximate surface area is 259 Å². The maximum atomic E-state index is 14.1. The highest BCUT2D eigenvalue weighted by molar-refractivity contribution is 7.09. The summed E-state index contributed by atoms with van der Waals surface area (Å²) in [5, 5.41) is 17.0. The molecule has 2 heterocycles. The number of hydrogen-bond donors (Lipinski definition) is 2. The number of aliphatic hydroxyl groups is 1. The molecule has 1 aliphatic heterocycles. The second-order valence-corrected chi connectivity index (χ2v) is 13.0. The molecule has 12 heteroatoms. The number of amides is 3. The predicted molar refractivity (Wildman–Crippen MR) is 162 cm³/mol. The summed E-state index contributed by atoms with van der Waals surface area (Å²) in [5.41, 5.74) is 0.778. The molecule has 1 aliphatic rings. The van der Waals surface area contributed by atoms with E-state index in [1.807, 2.05) is 12.3 Å². The quantitative estimate of drug-likeness (QED) is 0.341. The van der Waals surface area contributed by atoms with Gasteiger partial charge in [-0.2, -0.15) is 0 Å². The first-order valence-corrected chi connectivity index (χ1v) is 15.3. The zero-order chi connectivity index (χ0) is 32.2. The van der Waals surface area contributed by atoms with Gasteiger partial charge < -0.3 is 25.0 Å². The van der Waals surface area contributed by atoms with Crippen LogP contribution in [0.3, 0.4) is 0 Å². The van der Waals surface area contributed by atoms with Crippen LogP contribution >= 0.6 is 11.3 Å². The van der Waals surface area contributed by atoms with Crippen LogP contribution in [0.1, 0.15) is 70.6 Å². The van der Waals surface area contributed by atoms with E-state index in [2.05, 4.69) is 10.3 Å². The molecular formula is C32H38F2N4O5S. The fourth-order valence-electron chi connectivity index (χ4n) is 5.22. The molecule has 0 saturated carbocycles. The van der Waals surface area contributed by atoms with Crippen LogP contribution in [0.4, 0.5) is 13.6 Å². The molecule has 1 aromatic heterocycles. The van der Waals surface area contributed by atoms with Crippen LogP contribution in [-0.4, -0.2) is 75.2 Å². The molecule has 3 atom stereocenters. The third-order valence-electron chi connectivity index (χ3n) is 7.19. The van der Waals surface area contributed by atoms with E-state index in [0.29, 0.717) is 25.9 Å². The van der Waals surface area contributed by atoms with Gasteiger partial charge in [-0.1, -0.05) is 6.07 Å². The number of nitrogens with zero attached hydrogens (tertiary/aromatic N) is 3. The SMILES string of the molecule is Cc1csc(CN(C)C(=O)c2cccc(C(=O)N[C@@H](Cc3cc(F)cc(F)c3)[C@H](O)C3CCCN3C(=O)OC(C)(C)C)c2)n1. The van der Waals surface area contributed by atoms with Crippen molar-refractivity contribution in [3.8, 4) is 0 Å². The molecule has 1 saturated heterocycles. The number of halogens is 2. The first kappa shape index (κ1) is 33.0. The Hall–Kier alpha value is -3.90. The molecule has 236 valence electrons. The molecule has 4 rings (SSSR count). The van der Waals surface area contributed by atoms with Gasteiger partial charge >= 0.3 is 6.09 Å². The molecule has 1 fully saturated rings. The summed E-state index contributed by atoms with van der Waals surface area (Å²) < 4.78 is 33.6. The molecule has 9 nitrogen and oxygen atoms in total. The summed E-state index contributed by atoms with van der Waals surface area (Å²) in [6, 6.07) is 7.43. The van der Waals surface area contributed by atoms with Crippen LogP contribution in [-0.2, 0) is 17.7 Å². The lowest BCUT2D eigenvalue weighted by Crippen LogP contribution is -2.54. The van der Waals surface area contributed by atoms with Crippen LogP contribution in [0.2, 0.25) is 0 Å². The van der Waals surface area contributed by atoms with Gasteiger partial charge in [0.05, 0.1) is 24.7 Å². The number of aryl methyl sites for hydroxylation is 1. The Morgan fingerprint density at radius 2 is 1.84 bits per heavy atom. The molecule has 0 radical (unpaired) electrons. The van der Waals surface area contributed by atoms with Crippen molar-refractivity contribution in [3.63, 3.8) is 0 Å². The van der Waals surface area contributed by atoms with Gasteiger partial charge in [-0.3, -0.25) is 9.59 Å². The predicted octanol–water partition coefficient (Wildman–Crippen LogP) is 5.10. The van der Waals surface area contributed by atoms with E-state index in [-0.39, 0.29) is 29.0 Å². The highest BCUT2D eigenvalue weighted by Crippen LogP contribution is 2.26. The van der Waals surface area contributed by atoms with Crippen molar-refractivity contribution in [2.45, 2.75) is 77.3 Å². The normalized spacial score (nSPS) is 16.4. The van der Waals surface area contributed by atoms with Crippen molar-refractivity contribution < 1.29 is 33.0 Å². The van der Waals surface area contributed by atoms with Gasteiger partial charge in [-0.05, 0) is 82.9 Å². The van der Waals surface area contributed by atoms with Crippen LogP contribution in [0.5, 0.6) is 0 Å². The van der Waals surface area contributed by atoms with Gasteiger partial charge in [0, 0.05) is 41.9 Å². The minimum atomic E-state index is -1.29. The zero-order valence-corrected chi connectivity index (χ0v) is 26.3. The topological polar surface area (TPSA) is 112 Å².